The van der Waals surface area contributed by atoms with Gasteiger partial charge >= 0.3 is 0 Å². The molecule has 6 heteroatoms. The van der Waals surface area contributed by atoms with Gasteiger partial charge in [0.05, 0.1) is 17.0 Å². The number of carbonyl (C=O) groups excluding carboxylic acids is 2. The Bertz CT molecular complexity index is 449. The third-order valence-electron chi connectivity index (χ3n) is 4.12. The summed E-state index contributed by atoms with van der Waals surface area (Å²) in [5.41, 5.74) is 4.99. The number of amides is 2. The predicted molar refractivity (Wildman–Crippen MR) is 68.0 cm³/mol. The molecule has 2 atom stereocenters. The van der Waals surface area contributed by atoms with E-state index in [0.717, 1.165) is 19.3 Å². The SMILES string of the molecule is N#C[C@H]1C(=O)NC(=O)[C@@H](C(N)=S)C12CCCCC2. The van der Waals surface area contributed by atoms with Crippen molar-refractivity contribution in [3.05, 3.63) is 0 Å². The molecule has 1 aliphatic carbocycles. The van der Waals surface area contributed by atoms with Crippen LogP contribution >= 0.6 is 12.2 Å². The summed E-state index contributed by atoms with van der Waals surface area (Å²) in [6.07, 6.45) is 4.17. The summed E-state index contributed by atoms with van der Waals surface area (Å²) in [6, 6.07) is 2.04. The van der Waals surface area contributed by atoms with E-state index in [4.69, 9.17) is 18.0 Å². The number of nitrogens with two attached hydrogens (primary N) is 1. The molecule has 0 aromatic carbocycles. The Morgan fingerprint density at radius 1 is 1.33 bits per heavy atom. The molecule has 18 heavy (non-hydrogen) atoms. The number of hydrogen-bond acceptors (Lipinski definition) is 4. The Morgan fingerprint density at radius 3 is 2.44 bits per heavy atom. The average Bonchev–Trinajstić information content (AvgIpc) is 2.29. The van der Waals surface area contributed by atoms with Crippen molar-refractivity contribution in [1.82, 2.24) is 5.32 Å². The van der Waals surface area contributed by atoms with Crippen molar-refractivity contribution in [1.29, 1.82) is 5.26 Å². The number of nitrogens with one attached hydrogen (secondary N) is 1. The third-order valence-corrected chi connectivity index (χ3v) is 4.35. The Balaban J connectivity index is 2.49. The molecule has 0 bridgehead atoms. The highest BCUT2D eigenvalue weighted by Crippen LogP contribution is 2.50. The van der Waals surface area contributed by atoms with Gasteiger partial charge in [-0.25, -0.2) is 0 Å². The van der Waals surface area contributed by atoms with E-state index in [0.29, 0.717) is 12.8 Å². The van der Waals surface area contributed by atoms with Crippen LogP contribution in [0.4, 0.5) is 0 Å². The lowest BCUT2D eigenvalue weighted by Gasteiger charge is -2.47. The molecule has 2 rings (SSSR count). The molecule has 2 fully saturated rings. The minimum Gasteiger partial charge on any atom is -0.393 e. The molecule has 0 unspecified atom stereocenters. The molecular weight excluding hydrogens is 250 g/mol. The van der Waals surface area contributed by atoms with Crippen LogP contribution in [0.15, 0.2) is 0 Å². The van der Waals surface area contributed by atoms with E-state index in [1.54, 1.807) is 0 Å². The van der Waals surface area contributed by atoms with Gasteiger partial charge in [-0.2, -0.15) is 5.26 Å². The van der Waals surface area contributed by atoms with Gasteiger partial charge in [0.2, 0.25) is 11.8 Å². The molecule has 0 aromatic rings. The highest BCUT2D eigenvalue weighted by atomic mass is 32.1. The zero-order chi connectivity index (χ0) is 13.3. The van der Waals surface area contributed by atoms with Crippen molar-refractivity contribution in [2.45, 2.75) is 32.1 Å². The second kappa shape index (κ2) is 4.65. The minimum atomic E-state index is -0.831. The van der Waals surface area contributed by atoms with Gasteiger partial charge in [-0.1, -0.05) is 31.5 Å². The number of piperidine rings is 1. The summed E-state index contributed by atoms with van der Waals surface area (Å²) in [6.45, 7) is 0. The van der Waals surface area contributed by atoms with Crippen LogP contribution in [0.25, 0.3) is 0 Å². The van der Waals surface area contributed by atoms with Crippen molar-refractivity contribution in [3.8, 4) is 6.07 Å². The predicted octanol–water partition coefficient (Wildman–Crippen LogP) is 0.635. The normalized spacial score (nSPS) is 30.6. The Kier molecular flexibility index (Phi) is 3.35. The molecule has 5 nitrogen and oxygen atoms in total. The van der Waals surface area contributed by atoms with Gasteiger partial charge in [-0.3, -0.25) is 14.9 Å². The van der Waals surface area contributed by atoms with Gasteiger partial charge in [0.25, 0.3) is 0 Å². The highest BCUT2D eigenvalue weighted by molar-refractivity contribution is 7.80. The molecule has 0 radical (unpaired) electrons. The first-order valence-corrected chi connectivity index (χ1v) is 6.47. The second-order valence-corrected chi connectivity index (χ2v) is 5.52. The molecule has 1 aliphatic heterocycles. The molecule has 2 amide bonds. The second-order valence-electron chi connectivity index (χ2n) is 5.04. The molecule has 0 aromatic heterocycles. The van der Waals surface area contributed by atoms with Gasteiger partial charge in [-0.05, 0) is 12.8 Å². The van der Waals surface area contributed by atoms with Crippen molar-refractivity contribution in [3.63, 3.8) is 0 Å². The number of thiocarbonyl (C=S) groups is 1. The maximum atomic E-state index is 12.0. The Labute approximate surface area is 111 Å². The first-order valence-electron chi connectivity index (χ1n) is 6.06. The van der Waals surface area contributed by atoms with Crippen LogP contribution in [0, 0.1) is 28.6 Å². The zero-order valence-electron chi connectivity index (χ0n) is 9.94. The molecule has 2 aliphatic rings. The summed E-state index contributed by atoms with van der Waals surface area (Å²) < 4.78 is 0. The van der Waals surface area contributed by atoms with E-state index in [-0.39, 0.29) is 4.99 Å². The largest absolute Gasteiger partial charge is 0.393 e. The summed E-state index contributed by atoms with van der Waals surface area (Å²) in [5.74, 6) is -2.48. The number of hydrogen-bond donors (Lipinski definition) is 2. The summed E-state index contributed by atoms with van der Waals surface area (Å²) in [4.78, 5) is 23.9. The molecule has 1 saturated carbocycles. The average molecular weight is 265 g/mol. The lowest BCUT2D eigenvalue weighted by Crippen LogP contribution is -2.61. The number of nitriles is 1. The number of imide groups is 1. The maximum Gasteiger partial charge on any atom is 0.244 e. The van der Waals surface area contributed by atoms with Crippen LogP contribution < -0.4 is 11.1 Å². The third kappa shape index (κ3) is 1.79. The number of carbonyl (C=O) groups is 2. The quantitative estimate of drug-likeness (QED) is 0.535. The molecule has 1 heterocycles. The molecule has 96 valence electrons. The molecule has 1 spiro atoms. The number of rotatable bonds is 1. The van der Waals surface area contributed by atoms with E-state index < -0.39 is 29.1 Å². The van der Waals surface area contributed by atoms with E-state index in [1.165, 1.54) is 0 Å². The van der Waals surface area contributed by atoms with E-state index >= 15 is 0 Å². The smallest absolute Gasteiger partial charge is 0.244 e. The fourth-order valence-electron chi connectivity index (χ4n) is 3.34. The van der Waals surface area contributed by atoms with Crippen LogP contribution in [0.2, 0.25) is 0 Å². The molecule has 1 saturated heterocycles. The Hall–Kier alpha value is -1.48. The van der Waals surface area contributed by atoms with Crippen LogP contribution in [0.1, 0.15) is 32.1 Å². The van der Waals surface area contributed by atoms with E-state index in [1.807, 2.05) is 6.07 Å². The van der Waals surface area contributed by atoms with Crippen LogP contribution in [0.3, 0.4) is 0 Å². The summed E-state index contributed by atoms with van der Waals surface area (Å²) in [5, 5.41) is 11.5. The topological polar surface area (TPSA) is 96.0 Å². The molecule has 3 N–H and O–H groups in total. The van der Waals surface area contributed by atoms with Crippen molar-refractivity contribution >= 4 is 29.0 Å². The minimum absolute atomic E-state index is 0.0853. The first kappa shape index (κ1) is 13.0. The van der Waals surface area contributed by atoms with Crippen LogP contribution in [-0.2, 0) is 9.59 Å². The van der Waals surface area contributed by atoms with Crippen LogP contribution in [-0.4, -0.2) is 16.8 Å². The van der Waals surface area contributed by atoms with Gasteiger partial charge < -0.3 is 5.73 Å². The number of nitrogens with zero attached hydrogens (tertiary/aromatic N) is 1. The van der Waals surface area contributed by atoms with Gasteiger partial charge in [0.15, 0.2) is 0 Å². The van der Waals surface area contributed by atoms with Gasteiger partial charge in [-0.15, -0.1) is 0 Å². The van der Waals surface area contributed by atoms with Crippen molar-refractivity contribution < 1.29 is 9.59 Å². The zero-order valence-corrected chi connectivity index (χ0v) is 10.8. The summed E-state index contributed by atoms with van der Waals surface area (Å²) >= 11 is 4.98. The van der Waals surface area contributed by atoms with E-state index in [9.17, 15) is 14.9 Å². The van der Waals surface area contributed by atoms with Crippen molar-refractivity contribution in [2.75, 3.05) is 0 Å². The van der Waals surface area contributed by atoms with Gasteiger partial charge in [0.1, 0.15) is 5.92 Å². The lowest BCUT2D eigenvalue weighted by atomic mass is 9.57. The monoisotopic (exact) mass is 265 g/mol. The fraction of sp³-hybridized carbons (Fsp3) is 0.667. The maximum absolute atomic E-state index is 12.0. The Morgan fingerprint density at radius 2 is 1.94 bits per heavy atom. The van der Waals surface area contributed by atoms with E-state index in [2.05, 4.69) is 5.32 Å². The van der Waals surface area contributed by atoms with Crippen LogP contribution in [0.5, 0.6) is 0 Å². The van der Waals surface area contributed by atoms with Gasteiger partial charge in [0, 0.05) is 5.41 Å². The standard InChI is InChI=1S/C12H15N3O2S/c13-6-7-10(16)15-11(17)8(9(14)18)12(7)4-2-1-3-5-12/h7-8H,1-5H2,(H2,14,18)(H,15,16,17)/t7-,8+/m0/s1. The molecular formula is C12H15N3O2S. The first-order chi connectivity index (χ1) is 8.53. The summed E-state index contributed by atoms with van der Waals surface area (Å²) in [7, 11) is 0. The highest BCUT2D eigenvalue weighted by Gasteiger charge is 2.56. The lowest BCUT2D eigenvalue weighted by molar-refractivity contribution is -0.146. The fourth-order valence-corrected chi connectivity index (χ4v) is 3.68. The van der Waals surface area contributed by atoms with Crippen molar-refractivity contribution in [2.24, 2.45) is 23.0 Å².